The van der Waals surface area contributed by atoms with Crippen LogP contribution in [0, 0.1) is 0 Å². The highest BCUT2D eigenvalue weighted by molar-refractivity contribution is 6.30. The van der Waals surface area contributed by atoms with Gasteiger partial charge in [-0.05, 0) is 6.07 Å². The van der Waals surface area contributed by atoms with Gasteiger partial charge in [-0.15, -0.1) is 0 Å². The minimum absolute atomic E-state index is 0.0524. The van der Waals surface area contributed by atoms with Gasteiger partial charge in [-0.25, -0.2) is 10.9 Å². The van der Waals surface area contributed by atoms with E-state index in [0.29, 0.717) is 6.20 Å². The molecule has 2 N–H and O–H groups in total. The summed E-state index contributed by atoms with van der Waals surface area (Å²) >= 11 is 5.51. The van der Waals surface area contributed by atoms with Crippen LogP contribution < -0.4 is 5.90 Å². The Labute approximate surface area is 82.6 Å². The van der Waals surface area contributed by atoms with Gasteiger partial charge in [0.2, 0.25) is 0 Å². The zero-order valence-corrected chi connectivity index (χ0v) is 7.56. The van der Waals surface area contributed by atoms with Gasteiger partial charge in [0.25, 0.3) is 0 Å². The Morgan fingerprint density at radius 2 is 2.14 bits per heavy atom. The second kappa shape index (κ2) is 4.12. The monoisotopic (exact) mass is 226 g/mol. The van der Waals surface area contributed by atoms with E-state index in [9.17, 15) is 13.2 Å². The SMILES string of the molecule is NOCc1cc(C(F)(F)F)cnc1Cl. The van der Waals surface area contributed by atoms with Crippen LogP contribution in [0.2, 0.25) is 5.15 Å². The summed E-state index contributed by atoms with van der Waals surface area (Å²) in [4.78, 5) is 7.56. The maximum absolute atomic E-state index is 12.2. The lowest BCUT2D eigenvalue weighted by Crippen LogP contribution is -2.08. The van der Waals surface area contributed by atoms with Gasteiger partial charge in [-0.1, -0.05) is 11.6 Å². The molecule has 0 radical (unpaired) electrons. The summed E-state index contributed by atoms with van der Waals surface area (Å²) in [6, 6.07) is 0.849. The molecule has 1 rings (SSSR count). The second-order valence-corrected chi connectivity index (χ2v) is 2.84. The summed E-state index contributed by atoms with van der Waals surface area (Å²) in [6.07, 6.45) is -3.79. The van der Waals surface area contributed by atoms with Crippen molar-refractivity contribution in [2.24, 2.45) is 5.90 Å². The van der Waals surface area contributed by atoms with E-state index in [1.165, 1.54) is 0 Å². The second-order valence-electron chi connectivity index (χ2n) is 2.48. The standard InChI is InChI=1S/C7H6ClF3N2O/c8-6-4(3-14-12)1-5(2-13-6)7(9,10)11/h1-2H,3,12H2. The summed E-state index contributed by atoms with van der Waals surface area (Å²) in [7, 11) is 0. The molecule has 1 aromatic heterocycles. The molecule has 0 bridgehead atoms. The van der Waals surface area contributed by atoms with E-state index in [2.05, 4.69) is 9.82 Å². The maximum Gasteiger partial charge on any atom is 0.417 e. The van der Waals surface area contributed by atoms with Crippen LogP contribution in [-0.4, -0.2) is 4.98 Å². The fraction of sp³-hybridized carbons (Fsp3) is 0.286. The highest BCUT2D eigenvalue weighted by atomic mass is 35.5. The molecule has 3 nitrogen and oxygen atoms in total. The Morgan fingerprint density at radius 1 is 1.50 bits per heavy atom. The molecule has 0 spiro atoms. The molecule has 0 aliphatic heterocycles. The molecular weight excluding hydrogens is 221 g/mol. The Bertz CT molecular complexity index is 329. The Hall–Kier alpha value is -0.850. The van der Waals surface area contributed by atoms with E-state index >= 15 is 0 Å². The summed E-state index contributed by atoms with van der Waals surface area (Å²) in [5, 5.41) is -0.0524. The van der Waals surface area contributed by atoms with Crippen molar-refractivity contribution in [2.45, 2.75) is 12.8 Å². The van der Waals surface area contributed by atoms with Crippen LogP contribution in [0.25, 0.3) is 0 Å². The van der Waals surface area contributed by atoms with E-state index in [4.69, 9.17) is 17.5 Å². The lowest BCUT2D eigenvalue weighted by molar-refractivity contribution is -0.137. The van der Waals surface area contributed by atoms with Gasteiger partial charge < -0.3 is 0 Å². The molecule has 0 amide bonds. The summed E-state index contributed by atoms with van der Waals surface area (Å²) in [5.41, 5.74) is -0.780. The fourth-order valence-corrected chi connectivity index (χ4v) is 0.998. The molecule has 7 heteroatoms. The van der Waals surface area contributed by atoms with Crippen molar-refractivity contribution in [1.82, 2.24) is 4.98 Å². The number of hydrogen-bond donors (Lipinski definition) is 1. The van der Waals surface area contributed by atoms with Crippen molar-refractivity contribution in [2.75, 3.05) is 0 Å². The molecule has 1 aromatic rings. The van der Waals surface area contributed by atoms with Crippen LogP contribution in [0.5, 0.6) is 0 Å². The molecule has 78 valence electrons. The first kappa shape index (κ1) is 11.2. The number of halogens is 4. The normalized spacial score (nSPS) is 11.8. The maximum atomic E-state index is 12.2. The van der Waals surface area contributed by atoms with Gasteiger partial charge in [0.15, 0.2) is 0 Å². The van der Waals surface area contributed by atoms with Crippen molar-refractivity contribution in [3.63, 3.8) is 0 Å². The van der Waals surface area contributed by atoms with Gasteiger partial charge >= 0.3 is 6.18 Å². The lowest BCUT2D eigenvalue weighted by Gasteiger charge is -2.08. The molecule has 0 saturated carbocycles. The molecule has 1 heterocycles. The third kappa shape index (κ3) is 2.57. The highest BCUT2D eigenvalue weighted by Gasteiger charge is 2.31. The average Bonchev–Trinajstić information content (AvgIpc) is 2.07. The predicted molar refractivity (Wildman–Crippen MR) is 43.2 cm³/mol. The topological polar surface area (TPSA) is 48.1 Å². The van der Waals surface area contributed by atoms with Crippen LogP contribution in [0.3, 0.4) is 0 Å². The number of aromatic nitrogens is 1. The zero-order valence-electron chi connectivity index (χ0n) is 6.81. The van der Waals surface area contributed by atoms with Crippen molar-refractivity contribution >= 4 is 11.6 Å². The number of alkyl halides is 3. The van der Waals surface area contributed by atoms with Crippen LogP contribution in [0.4, 0.5) is 13.2 Å². The molecule has 0 atom stereocenters. The van der Waals surface area contributed by atoms with Gasteiger partial charge in [-0.3, -0.25) is 4.84 Å². The number of rotatable bonds is 2. The number of hydrogen-bond acceptors (Lipinski definition) is 3. The number of nitrogens with zero attached hydrogens (tertiary/aromatic N) is 1. The Balaban J connectivity index is 3.06. The molecule has 0 unspecified atom stereocenters. The van der Waals surface area contributed by atoms with Crippen molar-refractivity contribution in [3.8, 4) is 0 Å². The lowest BCUT2D eigenvalue weighted by atomic mass is 10.2. The van der Waals surface area contributed by atoms with Gasteiger partial charge in [0, 0.05) is 11.8 Å². The minimum atomic E-state index is -4.44. The quantitative estimate of drug-likeness (QED) is 0.621. The first-order valence-electron chi connectivity index (χ1n) is 3.48. The first-order chi connectivity index (χ1) is 6.45. The zero-order chi connectivity index (χ0) is 10.8. The third-order valence-corrected chi connectivity index (χ3v) is 1.82. The van der Waals surface area contributed by atoms with Crippen LogP contribution in [-0.2, 0) is 17.6 Å². The molecular formula is C7H6ClF3N2O. The molecule has 0 aromatic carbocycles. The van der Waals surface area contributed by atoms with Crippen molar-refractivity contribution in [3.05, 3.63) is 28.5 Å². The summed E-state index contributed by atoms with van der Waals surface area (Å²) in [5.74, 6) is 4.72. The van der Waals surface area contributed by atoms with E-state index in [1.807, 2.05) is 0 Å². The van der Waals surface area contributed by atoms with Crippen LogP contribution in [0.1, 0.15) is 11.1 Å². The Kier molecular flexibility index (Phi) is 3.30. The Morgan fingerprint density at radius 3 is 2.64 bits per heavy atom. The molecule has 0 saturated heterocycles. The molecule has 0 fully saturated rings. The smallest absolute Gasteiger partial charge is 0.300 e. The largest absolute Gasteiger partial charge is 0.417 e. The first-order valence-corrected chi connectivity index (χ1v) is 3.86. The highest BCUT2D eigenvalue weighted by Crippen LogP contribution is 2.30. The third-order valence-electron chi connectivity index (χ3n) is 1.48. The molecule has 0 aliphatic rings. The van der Waals surface area contributed by atoms with Crippen molar-refractivity contribution in [1.29, 1.82) is 0 Å². The van der Waals surface area contributed by atoms with E-state index in [0.717, 1.165) is 6.07 Å². The number of pyridine rings is 1. The van der Waals surface area contributed by atoms with Gasteiger partial charge in [0.05, 0.1) is 12.2 Å². The predicted octanol–water partition coefficient (Wildman–Crippen LogP) is 2.14. The van der Waals surface area contributed by atoms with Crippen LogP contribution >= 0.6 is 11.6 Å². The summed E-state index contributed by atoms with van der Waals surface area (Å²) in [6.45, 7) is -0.213. The van der Waals surface area contributed by atoms with Crippen molar-refractivity contribution < 1.29 is 18.0 Å². The fourth-order valence-electron chi connectivity index (χ4n) is 0.840. The van der Waals surface area contributed by atoms with Crippen LogP contribution in [0.15, 0.2) is 12.3 Å². The van der Waals surface area contributed by atoms with Gasteiger partial charge in [0.1, 0.15) is 5.15 Å². The average molecular weight is 227 g/mol. The minimum Gasteiger partial charge on any atom is -0.300 e. The van der Waals surface area contributed by atoms with E-state index in [-0.39, 0.29) is 17.3 Å². The molecule has 14 heavy (non-hydrogen) atoms. The number of nitrogens with two attached hydrogens (primary N) is 1. The van der Waals surface area contributed by atoms with E-state index < -0.39 is 11.7 Å². The summed E-state index contributed by atoms with van der Waals surface area (Å²) < 4.78 is 36.6. The van der Waals surface area contributed by atoms with E-state index in [1.54, 1.807) is 0 Å². The molecule has 0 aliphatic carbocycles. The van der Waals surface area contributed by atoms with Gasteiger partial charge in [-0.2, -0.15) is 13.2 Å².